The summed E-state index contributed by atoms with van der Waals surface area (Å²) in [6, 6.07) is 9.87. The van der Waals surface area contributed by atoms with Crippen LogP contribution in [0.2, 0.25) is 5.02 Å². The lowest BCUT2D eigenvalue weighted by Crippen LogP contribution is -2.14. The highest BCUT2D eigenvalue weighted by Gasteiger charge is 2.18. The van der Waals surface area contributed by atoms with Gasteiger partial charge in [0, 0.05) is 16.9 Å². The summed E-state index contributed by atoms with van der Waals surface area (Å²) in [6.07, 6.45) is 0. The van der Waals surface area contributed by atoms with Crippen LogP contribution in [0, 0.1) is 0 Å². The van der Waals surface area contributed by atoms with Crippen LogP contribution in [0.15, 0.2) is 47.4 Å². The van der Waals surface area contributed by atoms with E-state index in [2.05, 4.69) is 4.72 Å². The number of carbonyl (C=O) groups is 1. The van der Waals surface area contributed by atoms with E-state index in [4.69, 9.17) is 23.1 Å². The highest BCUT2D eigenvalue weighted by atomic mass is 35.5. The Morgan fingerprint density at radius 1 is 1.10 bits per heavy atom. The molecule has 0 aliphatic heterocycles. The zero-order chi connectivity index (χ0) is 15.6. The number of nitrogens with one attached hydrogen (secondary N) is 1. The number of primary amides is 1. The Hall–Kier alpha value is -2.25. The molecule has 0 unspecified atom stereocenters. The first-order valence-electron chi connectivity index (χ1n) is 5.77. The van der Waals surface area contributed by atoms with Gasteiger partial charge in [0.25, 0.3) is 10.0 Å². The quantitative estimate of drug-likeness (QED) is 0.743. The van der Waals surface area contributed by atoms with Crippen molar-refractivity contribution in [2.45, 2.75) is 4.90 Å². The fourth-order valence-corrected chi connectivity index (χ4v) is 3.23. The average molecular weight is 326 g/mol. The maximum atomic E-state index is 12.3. The molecule has 21 heavy (non-hydrogen) atoms. The van der Waals surface area contributed by atoms with E-state index >= 15 is 0 Å². The smallest absolute Gasteiger partial charge is 0.263 e. The van der Waals surface area contributed by atoms with Gasteiger partial charge in [0.05, 0.1) is 5.02 Å². The maximum absolute atomic E-state index is 12.3. The van der Waals surface area contributed by atoms with Crippen molar-refractivity contribution in [2.24, 2.45) is 5.73 Å². The zero-order valence-electron chi connectivity index (χ0n) is 10.7. The van der Waals surface area contributed by atoms with E-state index in [-0.39, 0.29) is 26.9 Å². The molecular weight excluding hydrogens is 314 g/mol. The molecule has 2 aromatic rings. The number of halogens is 1. The van der Waals surface area contributed by atoms with Gasteiger partial charge in [-0.1, -0.05) is 11.6 Å². The molecule has 0 aromatic heterocycles. The van der Waals surface area contributed by atoms with E-state index in [9.17, 15) is 13.2 Å². The first-order chi connectivity index (χ1) is 9.79. The summed E-state index contributed by atoms with van der Waals surface area (Å²) in [5.74, 6) is -0.594. The molecule has 2 aromatic carbocycles. The third-order valence-corrected chi connectivity index (χ3v) is 4.53. The molecule has 8 heteroatoms. The van der Waals surface area contributed by atoms with Gasteiger partial charge in [0.1, 0.15) is 4.90 Å². The van der Waals surface area contributed by atoms with Crippen LogP contribution in [0.3, 0.4) is 0 Å². The number of hydrogen-bond donors (Lipinski definition) is 3. The zero-order valence-corrected chi connectivity index (χ0v) is 12.3. The number of rotatable bonds is 4. The Morgan fingerprint density at radius 3 is 2.29 bits per heavy atom. The Labute approximate surface area is 126 Å². The fraction of sp³-hybridized carbons (Fsp3) is 0. The summed E-state index contributed by atoms with van der Waals surface area (Å²) < 4.78 is 26.9. The molecule has 0 aliphatic rings. The molecule has 0 radical (unpaired) electrons. The summed E-state index contributed by atoms with van der Waals surface area (Å²) in [5.41, 5.74) is 11.5. The molecule has 0 saturated heterocycles. The van der Waals surface area contributed by atoms with Crippen LogP contribution in [0.1, 0.15) is 10.4 Å². The molecule has 1 amide bonds. The number of carbonyl (C=O) groups excluding carboxylic acids is 1. The van der Waals surface area contributed by atoms with Crippen molar-refractivity contribution < 1.29 is 13.2 Å². The third-order valence-electron chi connectivity index (χ3n) is 2.67. The van der Waals surface area contributed by atoms with Gasteiger partial charge in [0.2, 0.25) is 5.91 Å². The molecule has 6 nitrogen and oxygen atoms in total. The highest BCUT2D eigenvalue weighted by Crippen LogP contribution is 2.25. The Balaban J connectivity index is 2.33. The summed E-state index contributed by atoms with van der Waals surface area (Å²) in [6.45, 7) is 0. The average Bonchev–Trinajstić information content (AvgIpc) is 2.41. The molecule has 0 bridgehead atoms. The second-order valence-electron chi connectivity index (χ2n) is 4.24. The molecule has 0 spiro atoms. The van der Waals surface area contributed by atoms with Crippen LogP contribution in [0.5, 0.6) is 0 Å². The summed E-state index contributed by atoms with van der Waals surface area (Å²) >= 11 is 5.88. The predicted molar refractivity (Wildman–Crippen MR) is 81.6 cm³/mol. The van der Waals surface area contributed by atoms with E-state index in [1.165, 1.54) is 42.5 Å². The van der Waals surface area contributed by atoms with E-state index in [0.717, 1.165) is 0 Å². The van der Waals surface area contributed by atoms with Crippen molar-refractivity contribution in [1.82, 2.24) is 0 Å². The van der Waals surface area contributed by atoms with E-state index in [1.807, 2.05) is 0 Å². The van der Waals surface area contributed by atoms with Crippen molar-refractivity contribution in [3.05, 3.63) is 53.1 Å². The summed E-state index contributed by atoms with van der Waals surface area (Å²) in [5, 5.41) is 0.0606. The van der Waals surface area contributed by atoms with Crippen molar-refractivity contribution >= 4 is 38.9 Å². The van der Waals surface area contributed by atoms with E-state index in [1.54, 1.807) is 0 Å². The number of benzene rings is 2. The number of anilines is 2. The molecule has 0 atom stereocenters. The largest absolute Gasteiger partial charge is 0.399 e. The number of sulfonamides is 1. The van der Waals surface area contributed by atoms with Gasteiger partial charge in [0.15, 0.2) is 0 Å². The summed E-state index contributed by atoms with van der Waals surface area (Å²) in [4.78, 5) is 10.8. The van der Waals surface area contributed by atoms with E-state index in [0.29, 0.717) is 0 Å². The number of nitrogen functional groups attached to an aromatic ring is 1. The van der Waals surface area contributed by atoms with Crippen molar-refractivity contribution in [3.63, 3.8) is 0 Å². The van der Waals surface area contributed by atoms with Gasteiger partial charge in [-0.25, -0.2) is 8.42 Å². The Kier molecular flexibility index (Phi) is 4.06. The van der Waals surface area contributed by atoms with Crippen LogP contribution >= 0.6 is 11.6 Å². The monoisotopic (exact) mass is 325 g/mol. The maximum Gasteiger partial charge on any atom is 0.263 e. The number of nitrogens with two attached hydrogens (primary N) is 2. The summed E-state index contributed by atoms with van der Waals surface area (Å²) in [7, 11) is -3.88. The molecular formula is C13H12ClN3O3S. The predicted octanol–water partition coefficient (Wildman–Crippen LogP) is 1.82. The second kappa shape index (κ2) is 5.63. The van der Waals surface area contributed by atoms with Gasteiger partial charge in [-0.2, -0.15) is 0 Å². The standard InChI is InChI=1S/C13H12ClN3O3S/c14-11-6-3-9(15)7-12(11)21(19,20)17-10-4-1-8(2-5-10)13(16)18/h1-7,17H,15H2,(H2,16,18). The molecule has 2 rings (SSSR count). The lowest BCUT2D eigenvalue weighted by Gasteiger charge is -2.10. The minimum atomic E-state index is -3.88. The van der Waals surface area contributed by atoms with Crippen LogP contribution < -0.4 is 16.2 Å². The number of amides is 1. The minimum absolute atomic E-state index is 0.0606. The molecule has 110 valence electrons. The number of hydrogen-bond acceptors (Lipinski definition) is 4. The molecule has 0 saturated carbocycles. The molecule has 0 aliphatic carbocycles. The van der Waals surface area contributed by atoms with Crippen LogP contribution in [0.25, 0.3) is 0 Å². The van der Waals surface area contributed by atoms with Crippen molar-refractivity contribution in [1.29, 1.82) is 0 Å². The molecule has 0 fully saturated rings. The third kappa shape index (κ3) is 3.45. The van der Waals surface area contributed by atoms with Crippen molar-refractivity contribution in [2.75, 3.05) is 10.5 Å². The van der Waals surface area contributed by atoms with Gasteiger partial charge >= 0.3 is 0 Å². The lowest BCUT2D eigenvalue weighted by molar-refractivity contribution is 0.100. The normalized spacial score (nSPS) is 11.1. The van der Waals surface area contributed by atoms with Crippen LogP contribution in [-0.2, 0) is 10.0 Å². The Bertz CT molecular complexity index is 789. The first-order valence-corrected chi connectivity index (χ1v) is 7.63. The van der Waals surface area contributed by atoms with Gasteiger partial charge < -0.3 is 11.5 Å². The molecule has 0 heterocycles. The molecule has 5 N–H and O–H groups in total. The fourth-order valence-electron chi connectivity index (χ4n) is 1.64. The highest BCUT2D eigenvalue weighted by molar-refractivity contribution is 7.92. The topological polar surface area (TPSA) is 115 Å². The first kappa shape index (κ1) is 15.1. The van der Waals surface area contributed by atoms with Crippen LogP contribution in [0.4, 0.5) is 11.4 Å². The lowest BCUT2D eigenvalue weighted by atomic mass is 10.2. The van der Waals surface area contributed by atoms with Gasteiger partial charge in [-0.05, 0) is 42.5 Å². The second-order valence-corrected chi connectivity index (χ2v) is 6.29. The van der Waals surface area contributed by atoms with E-state index < -0.39 is 15.9 Å². The van der Waals surface area contributed by atoms with Crippen molar-refractivity contribution in [3.8, 4) is 0 Å². The van der Waals surface area contributed by atoms with Crippen LogP contribution in [-0.4, -0.2) is 14.3 Å². The van der Waals surface area contributed by atoms with Gasteiger partial charge in [-0.15, -0.1) is 0 Å². The minimum Gasteiger partial charge on any atom is -0.399 e. The Morgan fingerprint density at radius 2 is 1.71 bits per heavy atom. The van der Waals surface area contributed by atoms with Gasteiger partial charge in [-0.3, -0.25) is 9.52 Å². The SMILES string of the molecule is NC(=O)c1ccc(NS(=O)(=O)c2cc(N)ccc2Cl)cc1.